The molecule has 0 bridgehead atoms. The van der Waals surface area contributed by atoms with E-state index < -0.39 is 0 Å². The zero-order valence-corrected chi connectivity index (χ0v) is 20.1. The van der Waals surface area contributed by atoms with Crippen LogP contribution in [0.3, 0.4) is 0 Å². The van der Waals surface area contributed by atoms with Crippen LogP contribution in [0.5, 0.6) is 0 Å². The quantitative estimate of drug-likeness (QED) is 0.262. The maximum absolute atomic E-state index is 6.16. The zero-order chi connectivity index (χ0) is 24.1. The van der Waals surface area contributed by atoms with E-state index in [9.17, 15) is 0 Å². The lowest BCUT2D eigenvalue weighted by Gasteiger charge is -2.21. The van der Waals surface area contributed by atoms with Gasteiger partial charge >= 0.3 is 0 Å². The second kappa shape index (κ2) is 8.48. The number of rotatable bonds is 3. The lowest BCUT2D eigenvalue weighted by molar-refractivity contribution is 0.836. The highest BCUT2D eigenvalue weighted by Gasteiger charge is 2.17. The molecule has 2 N–H and O–H groups in total. The van der Waals surface area contributed by atoms with Crippen molar-refractivity contribution < 1.29 is 0 Å². The standard InChI is InChI=1S/C35H27N/c36-22-28-19-25-7-1-2-8-26(25)20-34(28)24-15-13-23(14-16-24)27-17-18-33-31-11-4-3-9-29(31)30-10-5-6-12-32(30)35(33)21-27/h1-15,17-21,24H,16,22,36H2. The predicted molar refractivity (Wildman–Crippen MR) is 155 cm³/mol. The molecule has 1 aliphatic carbocycles. The van der Waals surface area contributed by atoms with Crippen molar-refractivity contribution in [3.63, 3.8) is 0 Å². The van der Waals surface area contributed by atoms with E-state index >= 15 is 0 Å². The first-order valence-electron chi connectivity index (χ1n) is 12.7. The summed E-state index contributed by atoms with van der Waals surface area (Å²) in [5.41, 5.74) is 11.3. The van der Waals surface area contributed by atoms with E-state index in [1.807, 2.05) is 0 Å². The van der Waals surface area contributed by atoms with Gasteiger partial charge in [0.05, 0.1) is 0 Å². The third-order valence-electron chi connectivity index (χ3n) is 7.80. The topological polar surface area (TPSA) is 26.0 Å². The maximum Gasteiger partial charge on any atom is 0.0181 e. The lowest BCUT2D eigenvalue weighted by atomic mass is 9.84. The average molecular weight is 462 g/mol. The second-order valence-electron chi connectivity index (χ2n) is 9.81. The molecule has 6 aromatic carbocycles. The molecular weight excluding hydrogens is 434 g/mol. The van der Waals surface area contributed by atoms with Crippen LogP contribution < -0.4 is 5.73 Å². The van der Waals surface area contributed by atoms with E-state index in [1.165, 1.54) is 65.4 Å². The molecule has 0 aromatic heterocycles. The van der Waals surface area contributed by atoms with Crippen molar-refractivity contribution in [2.45, 2.75) is 18.9 Å². The van der Waals surface area contributed by atoms with Crippen LogP contribution in [0.1, 0.15) is 29.0 Å². The van der Waals surface area contributed by atoms with Gasteiger partial charge in [-0.3, -0.25) is 0 Å². The molecule has 6 aromatic rings. The van der Waals surface area contributed by atoms with E-state index in [2.05, 4.69) is 121 Å². The summed E-state index contributed by atoms with van der Waals surface area (Å²) in [6.45, 7) is 0.562. The molecule has 0 aliphatic heterocycles. The number of benzene rings is 6. The molecule has 1 heteroatoms. The van der Waals surface area contributed by atoms with Crippen LogP contribution in [0.15, 0.2) is 121 Å². The Hall–Kier alpha value is -4.20. The third kappa shape index (κ3) is 3.36. The zero-order valence-electron chi connectivity index (χ0n) is 20.1. The number of nitrogens with two attached hydrogens (primary N) is 1. The normalized spacial score (nSPS) is 15.7. The fourth-order valence-corrected chi connectivity index (χ4v) is 5.98. The summed E-state index contributed by atoms with van der Waals surface area (Å²) >= 11 is 0. The molecule has 36 heavy (non-hydrogen) atoms. The average Bonchev–Trinajstić information content (AvgIpc) is 2.96. The number of fused-ring (bicyclic) bond motifs is 7. The Morgan fingerprint density at radius 3 is 1.81 bits per heavy atom. The van der Waals surface area contributed by atoms with Crippen molar-refractivity contribution in [2.24, 2.45) is 5.73 Å². The van der Waals surface area contributed by atoms with Crippen molar-refractivity contribution in [1.82, 2.24) is 0 Å². The van der Waals surface area contributed by atoms with Crippen LogP contribution in [-0.2, 0) is 6.54 Å². The van der Waals surface area contributed by atoms with Gasteiger partial charge in [-0.1, -0.05) is 109 Å². The maximum atomic E-state index is 6.16. The van der Waals surface area contributed by atoms with Gasteiger partial charge in [-0.25, -0.2) is 0 Å². The summed E-state index contributed by atoms with van der Waals surface area (Å²) in [5, 5.41) is 10.4. The highest BCUT2D eigenvalue weighted by molar-refractivity contribution is 6.25. The SMILES string of the molecule is NCc1cc2ccccc2cc1C1C=CC(c2ccc3c4ccccc4c4ccccc4c3c2)=CC1. The fraction of sp³-hybridized carbons (Fsp3) is 0.0857. The molecule has 0 amide bonds. The molecule has 7 rings (SSSR count). The molecule has 172 valence electrons. The first-order chi connectivity index (χ1) is 17.8. The lowest BCUT2D eigenvalue weighted by Crippen LogP contribution is -2.07. The van der Waals surface area contributed by atoms with Crippen molar-refractivity contribution in [2.75, 3.05) is 0 Å². The third-order valence-corrected chi connectivity index (χ3v) is 7.80. The van der Waals surface area contributed by atoms with Gasteiger partial charge in [-0.2, -0.15) is 0 Å². The van der Waals surface area contributed by atoms with E-state index in [0.717, 1.165) is 6.42 Å². The van der Waals surface area contributed by atoms with Crippen LogP contribution in [0.2, 0.25) is 0 Å². The first-order valence-corrected chi connectivity index (χ1v) is 12.7. The second-order valence-corrected chi connectivity index (χ2v) is 9.81. The summed E-state index contributed by atoms with van der Waals surface area (Å²) in [6.07, 6.45) is 8.04. The molecule has 0 saturated heterocycles. The minimum Gasteiger partial charge on any atom is -0.326 e. The molecule has 0 heterocycles. The van der Waals surface area contributed by atoms with Crippen molar-refractivity contribution in [3.8, 4) is 0 Å². The number of hydrogen-bond donors (Lipinski definition) is 1. The van der Waals surface area contributed by atoms with Crippen LogP contribution in [0.4, 0.5) is 0 Å². The van der Waals surface area contributed by atoms with Gasteiger partial charge in [-0.15, -0.1) is 0 Å². The van der Waals surface area contributed by atoms with Gasteiger partial charge in [0.2, 0.25) is 0 Å². The Labute approximate surface area is 211 Å². The van der Waals surface area contributed by atoms with Crippen molar-refractivity contribution in [3.05, 3.63) is 138 Å². The highest BCUT2D eigenvalue weighted by atomic mass is 14.5. The molecule has 1 nitrogen and oxygen atoms in total. The molecule has 0 saturated carbocycles. The highest BCUT2D eigenvalue weighted by Crippen LogP contribution is 2.38. The summed E-state index contributed by atoms with van der Waals surface area (Å²) in [4.78, 5) is 0. The molecule has 1 aliphatic rings. The molecular formula is C35H27N. The summed E-state index contributed by atoms with van der Waals surface area (Å²) in [5.74, 6) is 0.349. The number of allylic oxidation sites excluding steroid dienone is 4. The van der Waals surface area contributed by atoms with E-state index in [-0.39, 0.29) is 0 Å². The van der Waals surface area contributed by atoms with Crippen LogP contribution in [0.25, 0.3) is 48.7 Å². The van der Waals surface area contributed by atoms with Crippen molar-refractivity contribution >= 4 is 48.7 Å². The summed E-state index contributed by atoms with van der Waals surface area (Å²) < 4.78 is 0. The van der Waals surface area contributed by atoms with Gasteiger partial charge < -0.3 is 5.73 Å². The van der Waals surface area contributed by atoms with Gasteiger partial charge in [0, 0.05) is 12.5 Å². The smallest absolute Gasteiger partial charge is 0.0181 e. The van der Waals surface area contributed by atoms with Gasteiger partial charge in [0.1, 0.15) is 0 Å². The van der Waals surface area contributed by atoms with E-state index in [0.29, 0.717) is 12.5 Å². The van der Waals surface area contributed by atoms with Crippen LogP contribution in [0, 0.1) is 0 Å². The van der Waals surface area contributed by atoms with Gasteiger partial charge in [-0.05, 0) is 83.9 Å². The minimum atomic E-state index is 0.349. The molecule has 1 atom stereocenters. The van der Waals surface area contributed by atoms with Crippen molar-refractivity contribution in [1.29, 1.82) is 0 Å². The summed E-state index contributed by atoms with van der Waals surface area (Å²) in [6, 6.07) is 37.6. The largest absolute Gasteiger partial charge is 0.326 e. The van der Waals surface area contributed by atoms with E-state index in [4.69, 9.17) is 5.73 Å². The predicted octanol–water partition coefficient (Wildman–Crippen LogP) is 8.89. The Kier molecular flexibility index (Phi) is 4.97. The minimum absolute atomic E-state index is 0.349. The monoisotopic (exact) mass is 461 g/mol. The van der Waals surface area contributed by atoms with E-state index in [1.54, 1.807) is 0 Å². The summed E-state index contributed by atoms with van der Waals surface area (Å²) in [7, 11) is 0. The Bertz CT molecular complexity index is 1820. The molecule has 0 spiro atoms. The fourth-order valence-electron chi connectivity index (χ4n) is 5.98. The Morgan fingerprint density at radius 1 is 0.611 bits per heavy atom. The number of hydrogen-bond acceptors (Lipinski definition) is 1. The van der Waals surface area contributed by atoms with Gasteiger partial charge in [0.25, 0.3) is 0 Å². The Morgan fingerprint density at radius 2 is 1.19 bits per heavy atom. The first kappa shape index (κ1) is 21.1. The molecule has 0 radical (unpaired) electrons. The molecule has 1 unspecified atom stereocenters. The van der Waals surface area contributed by atoms with Gasteiger partial charge in [0.15, 0.2) is 0 Å². The van der Waals surface area contributed by atoms with Crippen LogP contribution >= 0.6 is 0 Å². The Balaban J connectivity index is 1.30. The van der Waals surface area contributed by atoms with Crippen LogP contribution in [-0.4, -0.2) is 0 Å². The molecule has 0 fully saturated rings.